The fourth-order valence-corrected chi connectivity index (χ4v) is 3.74. The monoisotopic (exact) mass is 409 g/mol. The lowest BCUT2D eigenvalue weighted by molar-refractivity contribution is -0.139. The molecule has 0 bridgehead atoms. The number of nitrogens with zero attached hydrogens (tertiary/aromatic N) is 3. The zero-order chi connectivity index (χ0) is 21.0. The van der Waals surface area contributed by atoms with E-state index in [1.807, 2.05) is 24.3 Å². The van der Waals surface area contributed by atoms with Crippen LogP contribution < -0.4 is 10.1 Å². The molecule has 9 heteroatoms. The lowest BCUT2D eigenvalue weighted by atomic mass is 9.73. The first-order valence-corrected chi connectivity index (χ1v) is 9.68. The average Bonchev–Trinajstić information content (AvgIpc) is 3.44. The maximum absolute atomic E-state index is 13.1. The molecule has 1 fully saturated rings. The number of aromatic amines is 1. The number of imidazole rings is 1. The Morgan fingerprint density at radius 1 is 1.33 bits per heavy atom. The molecular formula is C21H23N5O4. The van der Waals surface area contributed by atoms with Gasteiger partial charge in [0.25, 0.3) is 5.91 Å². The van der Waals surface area contributed by atoms with Gasteiger partial charge in [0.05, 0.1) is 18.9 Å². The normalized spacial score (nSPS) is 14.8. The van der Waals surface area contributed by atoms with Gasteiger partial charge in [-0.2, -0.15) is 0 Å². The van der Waals surface area contributed by atoms with Gasteiger partial charge in [0.2, 0.25) is 5.91 Å². The molecule has 0 saturated carbocycles. The summed E-state index contributed by atoms with van der Waals surface area (Å²) in [4.78, 5) is 34.3. The molecule has 1 aromatic carbocycles. The number of hydrogen-bond acceptors (Lipinski definition) is 6. The molecule has 2 N–H and O–H groups in total. The molecule has 0 atom stereocenters. The van der Waals surface area contributed by atoms with E-state index in [1.165, 1.54) is 12.3 Å². The SMILES string of the molecule is COc1cccc(CC2(C(=O)NCCc3cnc[nH]3)CN(C(=O)c3ccon3)C2)c1. The summed E-state index contributed by atoms with van der Waals surface area (Å²) in [6, 6.07) is 9.16. The van der Waals surface area contributed by atoms with E-state index in [0.29, 0.717) is 32.5 Å². The number of amides is 2. The number of rotatable bonds is 8. The smallest absolute Gasteiger partial charge is 0.276 e. The Morgan fingerprint density at radius 3 is 2.90 bits per heavy atom. The molecule has 0 spiro atoms. The maximum Gasteiger partial charge on any atom is 0.276 e. The molecular weight excluding hydrogens is 386 g/mol. The summed E-state index contributed by atoms with van der Waals surface area (Å²) in [5.41, 5.74) is 1.46. The topological polar surface area (TPSA) is 113 Å². The first-order valence-electron chi connectivity index (χ1n) is 9.68. The number of aromatic nitrogens is 3. The van der Waals surface area contributed by atoms with E-state index in [0.717, 1.165) is 17.0 Å². The highest BCUT2D eigenvalue weighted by Crippen LogP contribution is 2.36. The van der Waals surface area contributed by atoms with Gasteiger partial charge in [-0.25, -0.2) is 4.98 Å². The van der Waals surface area contributed by atoms with Gasteiger partial charge in [-0.05, 0) is 24.1 Å². The quantitative estimate of drug-likeness (QED) is 0.582. The summed E-state index contributed by atoms with van der Waals surface area (Å²) >= 11 is 0. The predicted molar refractivity (Wildman–Crippen MR) is 107 cm³/mol. The third-order valence-electron chi connectivity index (χ3n) is 5.32. The van der Waals surface area contributed by atoms with Gasteiger partial charge < -0.3 is 24.5 Å². The van der Waals surface area contributed by atoms with Crippen LogP contribution in [0.5, 0.6) is 5.75 Å². The Morgan fingerprint density at radius 2 is 2.20 bits per heavy atom. The third kappa shape index (κ3) is 4.05. The number of methoxy groups -OCH3 is 1. The molecule has 1 saturated heterocycles. The Kier molecular flexibility index (Phi) is 5.51. The van der Waals surface area contributed by atoms with E-state index in [2.05, 4.69) is 20.4 Å². The summed E-state index contributed by atoms with van der Waals surface area (Å²) in [7, 11) is 1.61. The van der Waals surface area contributed by atoms with Crippen LogP contribution in [0, 0.1) is 5.41 Å². The number of nitrogens with one attached hydrogen (secondary N) is 2. The van der Waals surface area contributed by atoms with E-state index in [1.54, 1.807) is 24.5 Å². The van der Waals surface area contributed by atoms with Crippen LogP contribution in [0.4, 0.5) is 0 Å². The zero-order valence-corrected chi connectivity index (χ0v) is 16.6. The first-order chi connectivity index (χ1) is 14.6. The molecule has 0 unspecified atom stereocenters. The van der Waals surface area contributed by atoms with Gasteiger partial charge in [0, 0.05) is 44.0 Å². The molecule has 0 radical (unpaired) electrons. The van der Waals surface area contributed by atoms with Crippen LogP contribution in [0.2, 0.25) is 0 Å². The minimum absolute atomic E-state index is 0.0750. The van der Waals surface area contributed by atoms with Gasteiger partial charge in [0.1, 0.15) is 12.0 Å². The minimum Gasteiger partial charge on any atom is -0.497 e. The van der Waals surface area contributed by atoms with Gasteiger partial charge >= 0.3 is 0 Å². The molecule has 3 heterocycles. The van der Waals surface area contributed by atoms with Gasteiger partial charge in [-0.15, -0.1) is 0 Å². The molecule has 4 rings (SSSR count). The molecule has 156 valence electrons. The van der Waals surface area contributed by atoms with Gasteiger partial charge in [-0.3, -0.25) is 9.59 Å². The van der Waals surface area contributed by atoms with Crippen LogP contribution in [-0.4, -0.2) is 58.6 Å². The van der Waals surface area contributed by atoms with E-state index < -0.39 is 5.41 Å². The number of benzene rings is 1. The Balaban J connectivity index is 1.46. The summed E-state index contributed by atoms with van der Waals surface area (Å²) in [5, 5.41) is 6.72. The van der Waals surface area contributed by atoms with E-state index in [9.17, 15) is 9.59 Å². The second kappa shape index (κ2) is 8.40. The van der Waals surface area contributed by atoms with Crippen molar-refractivity contribution in [1.29, 1.82) is 0 Å². The van der Waals surface area contributed by atoms with Crippen LogP contribution >= 0.6 is 0 Å². The van der Waals surface area contributed by atoms with Crippen molar-refractivity contribution in [3.05, 3.63) is 66.1 Å². The zero-order valence-electron chi connectivity index (χ0n) is 16.6. The van der Waals surface area contributed by atoms with Crippen molar-refractivity contribution in [2.24, 2.45) is 5.41 Å². The summed E-state index contributed by atoms with van der Waals surface area (Å²) in [6.07, 6.45) is 5.87. The van der Waals surface area contributed by atoms with Crippen molar-refractivity contribution in [2.45, 2.75) is 12.8 Å². The third-order valence-corrected chi connectivity index (χ3v) is 5.32. The van der Waals surface area contributed by atoms with Crippen molar-refractivity contribution in [3.63, 3.8) is 0 Å². The van der Waals surface area contributed by atoms with Crippen molar-refractivity contribution in [1.82, 2.24) is 25.3 Å². The highest BCUT2D eigenvalue weighted by atomic mass is 16.5. The van der Waals surface area contributed by atoms with Gasteiger partial charge in [0.15, 0.2) is 5.69 Å². The summed E-state index contributed by atoms with van der Waals surface area (Å²) in [5.74, 6) is 0.418. The largest absolute Gasteiger partial charge is 0.497 e. The van der Waals surface area contributed by atoms with E-state index in [-0.39, 0.29) is 17.5 Å². The number of carbonyl (C=O) groups excluding carboxylic acids is 2. The fourth-order valence-electron chi connectivity index (χ4n) is 3.74. The maximum atomic E-state index is 13.1. The lowest BCUT2D eigenvalue weighted by Gasteiger charge is -2.48. The number of likely N-dealkylation sites (tertiary alicyclic amines) is 1. The van der Waals surface area contributed by atoms with Crippen LogP contribution in [0.1, 0.15) is 21.7 Å². The number of H-pyrrole nitrogens is 1. The second-order valence-electron chi connectivity index (χ2n) is 7.44. The highest BCUT2D eigenvalue weighted by molar-refractivity contribution is 5.95. The van der Waals surface area contributed by atoms with Gasteiger partial charge in [-0.1, -0.05) is 17.3 Å². The molecule has 1 aliphatic rings. The predicted octanol–water partition coefficient (Wildman–Crippen LogP) is 1.45. The van der Waals surface area contributed by atoms with E-state index >= 15 is 0 Å². The first kappa shape index (κ1) is 19.7. The van der Waals surface area contributed by atoms with Crippen molar-refractivity contribution in [3.8, 4) is 5.75 Å². The summed E-state index contributed by atoms with van der Waals surface area (Å²) < 4.78 is 10.1. The molecule has 2 amide bonds. The van der Waals surface area contributed by atoms with Crippen LogP contribution in [0.3, 0.4) is 0 Å². The Hall–Kier alpha value is -3.62. The van der Waals surface area contributed by atoms with E-state index in [4.69, 9.17) is 9.26 Å². The summed E-state index contributed by atoms with van der Waals surface area (Å²) in [6.45, 7) is 1.11. The standard InChI is InChI=1S/C21H23N5O4/c1-29-17-4-2-3-15(9-17)10-21(20(28)23-7-5-16-11-22-14-24-16)12-26(13-21)19(27)18-6-8-30-25-18/h2-4,6,8-9,11,14H,5,7,10,12-13H2,1H3,(H,22,24)(H,23,28). The highest BCUT2D eigenvalue weighted by Gasteiger charge is 2.51. The average molecular weight is 409 g/mol. The molecule has 9 nitrogen and oxygen atoms in total. The van der Waals surface area contributed by atoms with Crippen LogP contribution in [0.25, 0.3) is 0 Å². The van der Waals surface area contributed by atoms with Crippen LogP contribution in [0.15, 0.2) is 53.6 Å². The molecule has 1 aliphatic heterocycles. The Labute approximate surface area is 173 Å². The Bertz CT molecular complexity index is 994. The molecule has 3 aromatic rings. The fraction of sp³-hybridized carbons (Fsp3) is 0.333. The van der Waals surface area contributed by atoms with Crippen molar-refractivity contribution >= 4 is 11.8 Å². The molecule has 2 aromatic heterocycles. The lowest BCUT2D eigenvalue weighted by Crippen LogP contribution is -2.65. The number of carbonyl (C=O) groups is 2. The number of ether oxygens (including phenoxy) is 1. The minimum atomic E-state index is -0.709. The molecule has 30 heavy (non-hydrogen) atoms. The van der Waals surface area contributed by atoms with Crippen molar-refractivity contribution in [2.75, 3.05) is 26.7 Å². The van der Waals surface area contributed by atoms with Crippen molar-refractivity contribution < 1.29 is 18.8 Å². The molecule has 0 aliphatic carbocycles. The second-order valence-corrected chi connectivity index (χ2v) is 7.44. The van der Waals surface area contributed by atoms with Crippen LogP contribution in [-0.2, 0) is 17.6 Å². The number of hydrogen-bond donors (Lipinski definition) is 2.